The molecular formula is C14H8ClN3O3S. The van der Waals surface area contributed by atoms with Gasteiger partial charge in [0.1, 0.15) is 0 Å². The fraction of sp³-hybridized carbons (Fsp3) is 0. The molecule has 0 radical (unpaired) electrons. The van der Waals surface area contributed by atoms with Crippen molar-refractivity contribution in [3.8, 4) is 0 Å². The molecule has 3 rings (SSSR count). The van der Waals surface area contributed by atoms with Crippen molar-refractivity contribution >= 4 is 49.9 Å². The summed E-state index contributed by atoms with van der Waals surface area (Å²) < 4.78 is 0.756. The maximum absolute atomic E-state index is 12.1. The van der Waals surface area contributed by atoms with Crippen molar-refractivity contribution in [2.75, 3.05) is 5.32 Å². The topological polar surface area (TPSA) is 85.1 Å². The molecule has 22 heavy (non-hydrogen) atoms. The monoisotopic (exact) mass is 333 g/mol. The second-order valence-corrected chi connectivity index (χ2v) is 5.86. The number of non-ortho nitro benzene ring substituents is 1. The van der Waals surface area contributed by atoms with Gasteiger partial charge in [0.05, 0.1) is 15.1 Å². The van der Waals surface area contributed by atoms with Crippen LogP contribution in [0, 0.1) is 10.1 Å². The van der Waals surface area contributed by atoms with Gasteiger partial charge in [-0.3, -0.25) is 20.2 Å². The molecule has 0 spiro atoms. The van der Waals surface area contributed by atoms with E-state index < -0.39 is 4.92 Å². The Labute approximate surface area is 133 Å². The Bertz CT molecular complexity index is 894. The molecule has 1 heterocycles. The van der Waals surface area contributed by atoms with E-state index in [1.807, 2.05) is 0 Å². The van der Waals surface area contributed by atoms with E-state index in [1.54, 1.807) is 30.3 Å². The van der Waals surface area contributed by atoms with Crippen LogP contribution in [-0.4, -0.2) is 15.8 Å². The lowest BCUT2D eigenvalue weighted by Crippen LogP contribution is -2.11. The van der Waals surface area contributed by atoms with Gasteiger partial charge < -0.3 is 0 Å². The van der Waals surface area contributed by atoms with Crippen LogP contribution in [0.25, 0.3) is 10.2 Å². The molecule has 0 fully saturated rings. The van der Waals surface area contributed by atoms with Crippen molar-refractivity contribution in [3.63, 3.8) is 0 Å². The SMILES string of the molecule is O=C(Nc1nc2cc([N+](=O)[O-])ccc2s1)c1cccc(Cl)c1. The lowest BCUT2D eigenvalue weighted by molar-refractivity contribution is -0.384. The summed E-state index contributed by atoms with van der Waals surface area (Å²) in [6, 6.07) is 10.9. The highest BCUT2D eigenvalue weighted by molar-refractivity contribution is 7.22. The second kappa shape index (κ2) is 5.70. The van der Waals surface area contributed by atoms with Crippen LogP contribution in [0.1, 0.15) is 10.4 Å². The average molecular weight is 334 g/mol. The smallest absolute Gasteiger partial charge is 0.271 e. The number of amides is 1. The van der Waals surface area contributed by atoms with Gasteiger partial charge in [0.25, 0.3) is 11.6 Å². The zero-order valence-electron chi connectivity index (χ0n) is 10.9. The number of nitro groups is 1. The number of benzene rings is 2. The lowest BCUT2D eigenvalue weighted by atomic mass is 10.2. The van der Waals surface area contributed by atoms with Gasteiger partial charge >= 0.3 is 0 Å². The van der Waals surface area contributed by atoms with Crippen LogP contribution in [0.5, 0.6) is 0 Å². The number of halogens is 1. The Morgan fingerprint density at radius 1 is 1.27 bits per heavy atom. The summed E-state index contributed by atoms with van der Waals surface area (Å²) in [5.41, 5.74) is 0.851. The van der Waals surface area contributed by atoms with Gasteiger partial charge in [0.2, 0.25) is 0 Å². The minimum absolute atomic E-state index is 0.0366. The van der Waals surface area contributed by atoms with Crippen molar-refractivity contribution < 1.29 is 9.72 Å². The Hall–Kier alpha value is -2.51. The van der Waals surface area contributed by atoms with Gasteiger partial charge in [-0.05, 0) is 24.3 Å². The van der Waals surface area contributed by atoms with Crippen LogP contribution in [-0.2, 0) is 0 Å². The van der Waals surface area contributed by atoms with Crippen LogP contribution in [0.3, 0.4) is 0 Å². The number of aromatic nitrogens is 1. The normalized spacial score (nSPS) is 10.6. The van der Waals surface area contributed by atoms with E-state index in [1.165, 1.54) is 23.5 Å². The Morgan fingerprint density at radius 2 is 2.09 bits per heavy atom. The summed E-state index contributed by atoms with van der Waals surface area (Å²) in [6.45, 7) is 0. The number of nitro benzene ring substituents is 1. The van der Waals surface area contributed by atoms with E-state index in [0.29, 0.717) is 21.2 Å². The zero-order chi connectivity index (χ0) is 15.7. The molecule has 0 saturated heterocycles. The third-order valence-electron chi connectivity index (χ3n) is 2.89. The van der Waals surface area contributed by atoms with Crippen molar-refractivity contribution in [1.29, 1.82) is 0 Å². The summed E-state index contributed by atoms with van der Waals surface area (Å²) >= 11 is 7.09. The van der Waals surface area contributed by atoms with Crippen molar-refractivity contribution in [3.05, 3.63) is 63.2 Å². The molecule has 0 aliphatic rings. The highest BCUT2D eigenvalue weighted by Crippen LogP contribution is 2.29. The molecule has 0 aliphatic heterocycles. The van der Waals surface area contributed by atoms with Crippen LogP contribution >= 0.6 is 22.9 Å². The van der Waals surface area contributed by atoms with Gasteiger partial charge in [-0.15, -0.1) is 0 Å². The molecule has 1 N–H and O–H groups in total. The quantitative estimate of drug-likeness (QED) is 0.577. The van der Waals surface area contributed by atoms with E-state index in [4.69, 9.17) is 11.6 Å². The van der Waals surface area contributed by atoms with Crippen LogP contribution in [0.15, 0.2) is 42.5 Å². The van der Waals surface area contributed by atoms with Crippen molar-refractivity contribution in [2.24, 2.45) is 0 Å². The van der Waals surface area contributed by atoms with Gasteiger partial charge in [-0.25, -0.2) is 4.98 Å². The molecule has 0 aliphatic carbocycles. The fourth-order valence-electron chi connectivity index (χ4n) is 1.88. The largest absolute Gasteiger partial charge is 0.298 e. The molecule has 0 unspecified atom stereocenters. The molecule has 1 amide bonds. The predicted octanol–water partition coefficient (Wildman–Crippen LogP) is 4.11. The number of hydrogen-bond donors (Lipinski definition) is 1. The number of nitrogens with zero attached hydrogens (tertiary/aromatic N) is 2. The first-order valence-corrected chi connectivity index (χ1v) is 7.34. The maximum Gasteiger partial charge on any atom is 0.271 e. The molecule has 3 aromatic rings. The standard InChI is InChI=1S/C14H8ClN3O3S/c15-9-3-1-2-8(6-9)13(19)17-14-16-11-7-10(18(20)21)4-5-12(11)22-14/h1-7H,(H,16,17,19). The first-order chi connectivity index (χ1) is 10.5. The van der Waals surface area contributed by atoms with Gasteiger partial charge in [-0.1, -0.05) is 29.0 Å². The summed E-state index contributed by atoms with van der Waals surface area (Å²) in [6.07, 6.45) is 0. The third-order valence-corrected chi connectivity index (χ3v) is 4.08. The zero-order valence-corrected chi connectivity index (χ0v) is 12.5. The number of nitrogens with one attached hydrogen (secondary N) is 1. The van der Waals surface area contributed by atoms with E-state index in [2.05, 4.69) is 10.3 Å². The first kappa shape index (κ1) is 14.4. The summed E-state index contributed by atoms with van der Waals surface area (Å²) in [4.78, 5) is 26.6. The fourth-order valence-corrected chi connectivity index (χ4v) is 2.91. The molecule has 0 atom stereocenters. The van der Waals surface area contributed by atoms with E-state index in [0.717, 1.165) is 4.70 Å². The number of thiazole rings is 1. The highest BCUT2D eigenvalue weighted by Gasteiger charge is 2.13. The Morgan fingerprint density at radius 3 is 2.82 bits per heavy atom. The number of carbonyl (C=O) groups excluding carboxylic acids is 1. The predicted molar refractivity (Wildman–Crippen MR) is 85.7 cm³/mol. The second-order valence-electron chi connectivity index (χ2n) is 4.39. The van der Waals surface area contributed by atoms with Gasteiger partial charge in [0, 0.05) is 22.7 Å². The highest BCUT2D eigenvalue weighted by atomic mass is 35.5. The Balaban J connectivity index is 1.87. The van der Waals surface area contributed by atoms with Crippen LogP contribution < -0.4 is 5.32 Å². The van der Waals surface area contributed by atoms with Crippen LogP contribution in [0.4, 0.5) is 10.8 Å². The molecule has 6 nitrogen and oxygen atoms in total. The molecule has 8 heteroatoms. The summed E-state index contributed by atoms with van der Waals surface area (Å²) in [5.74, 6) is -0.337. The van der Waals surface area contributed by atoms with Crippen molar-refractivity contribution in [2.45, 2.75) is 0 Å². The van der Waals surface area contributed by atoms with E-state index in [9.17, 15) is 14.9 Å². The summed E-state index contributed by atoms with van der Waals surface area (Å²) in [7, 11) is 0. The Kier molecular flexibility index (Phi) is 3.74. The van der Waals surface area contributed by atoms with Crippen molar-refractivity contribution in [1.82, 2.24) is 4.98 Å². The first-order valence-electron chi connectivity index (χ1n) is 6.15. The molecule has 2 aromatic carbocycles. The van der Waals surface area contributed by atoms with Gasteiger partial charge in [-0.2, -0.15) is 0 Å². The number of rotatable bonds is 3. The number of hydrogen-bond acceptors (Lipinski definition) is 5. The van der Waals surface area contributed by atoms with E-state index in [-0.39, 0.29) is 11.6 Å². The molecule has 0 bridgehead atoms. The molecule has 0 saturated carbocycles. The summed E-state index contributed by atoms with van der Waals surface area (Å²) in [5, 5.41) is 14.2. The molecular weight excluding hydrogens is 326 g/mol. The molecule has 1 aromatic heterocycles. The third kappa shape index (κ3) is 2.90. The minimum Gasteiger partial charge on any atom is -0.298 e. The maximum atomic E-state index is 12.1. The average Bonchev–Trinajstić information content (AvgIpc) is 2.88. The lowest BCUT2D eigenvalue weighted by Gasteiger charge is -2.01. The van der Waals surface area contributed by atoms with Crippen LogP contribution in [0.2, 0.25) is 5.02 Å². The number of fused-ring (bicyclic) bond motifs is 1. The van der Waals surface area contributed by atoms with Gasteiger partial charge in [0.15, 0.2) is 5.13 Å². The number of anilines is 1. The van der Waals surface area contributed by atoms with E-state index >= 15 is 0 Å². The molecule has 110 valence electrons. The number of carbonyl (C=O) groups is 1. The minimum atomic E-state index is -0.483.